The second-order valence-electron chi connectivity index (χ2n) is 3.93. The fourth-order valence-corrected chi connectivity index (χ4v) is 2.79. The third-order valence-electron chi connectivity index (χ3n) is 2.78. The monoisotopic (exact) mass is 282 g/mol. The van der Waals surface area contributed by atoms with Crippen molar-refractivity contribution in [2.75, 3.05) is 14.2 Å². The fraction of sp³-hybridized carbons (Fsp3) is 0.308. The van der Waals surface area contributed by atoms with Crippen molar-refractivity contribution < 1.29 is 4.74 Å². The number of hydrogen-bond donors (Lipinski definition) is 1. The Kier molecular flexibility index (Phi) is 4.22. The van der Waals surface area contributed by atoms with E-state index in [0.29, 0.717) is 16.8 Å². The SMILES string of the molecule is CNC(C)c1cnc(-c2ccc(OC)c(Cl)c2)s1. The van der Waals surface area contributed by atoms with Gasteiger partial charge in [-0.05, 0) is 32.2 Å². The Morgan fingerprint density at radius 1 is 1.44 bits per heavy atom. The molecule has 5 heteroatoms. The Balaban J connectivity index is 2.31. The van der Waals surface area contributed by atoms with Crippen molar-refractivity contribution >= 4 is 22.9 Å². The molecule has 1 unspecified atom stereocenters. The van der Waals surface area contributed by atoms with Gasteiger partial charge in [-0.15, -0.1) is 11.3 Å². The topological polar surface area (TPSA) is 34.2 Å². The van der Waals surface area contributed by atoms with E-state index in [2.05, 4.69) is 17.2 Å². The van der Waals surface area contributed by atoms with Gasteiger partial charge in [-0.25, -0.2) is 4.98 Å². The first-order chi connectivity index (χ1) is 8.65. The Hall–Kier alpha value is -1.10. The minimum atomic E-state index is 0.310. The van der Waals surface area contributed by atoms with E-state index in [-0.39, 0.29) is 0 Å². The lowest BCUT2D eigenvalue weighted by atomic mass is 10.2. The van der Waals surface area contributed by atoms with E-state index in [1.807, 2.05) is 31.4 Å². The van der Waals surface area contributed by atoms with Gasteiger partial charge in [0.05, 0.1) is 12.1 Å². The molecule has 0 spiro atoms. The summed E-state index contributed by atoms with van der Waals surface area (Å²) in [5, 5.41) is 4.77. The molecule has 1 heterocycles. The molecular weight excluding hydrogens is 268 g/mol. The number of thiazole rings is 1. The van der Waals surface area contributed by atoms with Gasteiger partial charge in [0.25, 0.3) is 0 Å². The predicted octanol–water partition coefficient (Wildman–Crippen LogP) is 3.75. The number of aromatic nitrogens is 1. The molecule has 2 aromatic rings. The number of hydrogen-bond acceptors (Lipinski definition) is 4. The Morgan fingerprint density at radius 3 is 2.83 bits per heavy atom. The van der Waals surface area contributed by atoms with Crippen LogP contribution in [0.1, 0.15) is 17.8 Å². The average Bonchev–Trinajstić information content (AvgIpc) is 2.87. The lowest BCUT2D eigenvalue weighted by Crippen LogP contribution is -2.10. The number of rotatable bonds is 4. The summed E-state index contributed by atoms with van der Waals surface area (Å²) in [7, 11) is 3.55. The molecule has 0 aliphatic heterocycles. The zero-order valence-electron chi connectivity index (χ0n) is 10.5. The highest BCUT2D eigenvalue weighted by Crippen LogP contribution is 2.33. The van der Waals surface area contributed by atoms with E-state index in [4.69, 9.17) is 16.3 Å². The van der Waals surface area contributed by atoms with Crippen LogP contribution in [0.15, 0.2) is 24.4 Å². The third-order valence-corrected chi connectivity index (χ3v) is 4.31. The Morgan fingerprint density at radius 2 is 2.22 bits per heavy atom. The number of ether oxygens (including phenoxy) is 1. The van der Waals surface area contributed by atoms with E-state index in [1.54, 1.807) is 18.4 Å². The molecule has 0 radical (unpaired) electrons. The number of nitrogens with one attached hydrogen (secondary N) is 1. The summed E-state index contributed by atoms with van der Waals surface area (Å²) < 4.78 is 5.14. The van der Waals surface area contributed by atoms with Crippen LogP contribution in [0.3, 0.4) is 0 Å². The number of halogens is 1. The molecule has 1 atom stereocenters. The van der Waals surface area contributed by atoms with Gasteiger partial charge in [-0.3, -0.25) is 0 Å². The molecule has 0 bridgehead atoms. The maximum atomic E-state index is 6.12. The van der Waals surface area contributed by atoms with Gasteiger partial charge >= 0.3 is 0 Å². The van der Waals surface area contributed by atoms with Crippen molar-refractivity contribution in [2.24, 2.45) is 0 Å². The van der Waals surface area contributed by atoms with Gasteiger partial charge < -0.3 is 10.1 Å². The van der Waals surface area contributed by atoms with Crippen LogP contribution in [0.25, 0.3) is 10.6 Å². The molecule has 3 nitrogen and oxygen atoms in total. The smallest absolute Gasteiger partial charge is 0.137 e. The van der Waals surface area contributed by atoms with Crippen molar-refractivity contribution in [1.82, 2.24) is 10.3 Å². The minimum Gasteiger partial charge on any atom is -0.495 e. The summed E-state index contributed by atoms with van der Waals surface area (Å²) in [4.78, 5) is 5.64. The molecule has 1 N–H and O–H groups in total. The first-order valence-electron chi connectivity index (χ1n) is 5.62. The average molecular weight is 283 g/mol. The summed E-state index contributed by atoms with van der Waals surface area (Å²) in [5.74, 6) is 0.681. The van der Waals surface area contributed by atoms with Gasteiger partial charge in [0.1, 0.15) is 10.8 Å². The quantitative estimate of drug-likeness (QED) is 0.927. The molecule has 1 aromatic heterocycles. The van der Waals surface area contributed by atoms with Crippen LogP contribution in [0.2, 0.25) is 5.02 Å². The lowest BCUT2D eigenvalue weighted by Gasteiger charge is -2.05. The molecule has 0 aliphatic carbocycles. The minimum absolute atomic E-state index is 0.310. The summed E-state index contributed by atoms with van der Waals surface area (Å²) >= 11 is 7.78. The molecule has 0 amide bonds. The van der Waals surface area contributed by atoms with E-state index >= 15 is 0 Å². The van der Waals surface area contributed by atoms with Crippen LogP contribution < -0.4 is 10.1 Å². The van der Waals surface area contributed by atoms with Crippen molar-refractivity contribution in [1.29, 1.82) is 0 Å². The third kappa shape index (κ3) is 2.66. The first kappa shape index (κ1) is 13.3. The molecule has 1 aromatic carbocycles. The van der Waals surface area contributed by atoms with Crippen molar-refractivity contribution in [3.8, 4) is 16.3 Å². The highest BCUT2D eigenvalue weighted by atomic mass is 35.5. The van der Waals surface area contributed by atoms with Crippen LogP contribution in [0.5, 0.6) is 5.75 Å². The molecular formula is C13H15ClN2OS. The van der Waals surface area contributed by atoms with Crippen LogP contribution in [0, 0.1) is 0 Å². The standard InChI is InChI=1S/C13H15ClN2OS/c1-8(15-2)12-7-16-13(18-12)9-4-5-11(17-3)10(14)6-9/h4-8,15H,1-3H3. The maximum absolute atomic E-state index is 6.12. The van der Waals surface area contributed by atoms with Gasteiger partial charge in [-0.1, -0.05) is 11.6 Å². The van der Waals surface area contributed by atoms with E-state index in [0.717, 1.165) is 10.6 Å². The Labute approximate surface area is 116 Å². The normalized spacial score (nSPS) is 12.4. The number of methoxy groups -OCH3 is 1. The number of benzene rings is 1. The molecule has 0 fully saturated rings. The Bertz CT molecular complexity index is 542. The van der Waals surface area contributed by atoms with Crippen LogP contribution >= 0.6 is 22.9 Å². The van der Waals surface area contributed by atoms with Crippen LogP contribution in [-0.2, 0) is 0 Å². The summed E-state index contributed by atoms with van der Waals surface area (Å²) in [6, 6.07) is 6.02. The van der Waals surface area contributed by atoms with Gasteiger partial charge in [-0.2, -0.15) is 0 Å². The van der Waals surface area contributed by atoms with Crippen LogP contribution in [0.4, 0.5) is 0 Å². The van der Waals surface area contributed by atoms with Crippen molar-refractivity contribution in [2.45, 2.75) is 13.0 Å². The van der Waals surface area contributed by atoms with E-state index in [1.165, 1.54) is 4.88 Å². The largest absolute Gasteiger partial charge is 0.495 e. The molecule has 96 valence electrons. The molecule has 18 heavy (non-hydrogen) atoms. The maximum Gasteiger partial charge on any atom is 0.137 e. The van der Waals surface area contributed by atoms with Crippen molar-refractivity contribution in [3.05, 3.63) is 34.3 Å². The number of nitrogens with zero attached hydrogens (tertiary/aromatic N) is 1. The van der Waals surface area contributed by atoms with E-state index in [9.17, 15) is 0 Å². The molecule has 0 aliphatic rings. The molecule has 2 rings (SSSR count). The zero-order chi connectivity index (χ0) is 13.1. The first-order valence-corrected chi connectivity index (χ1v) is 6.82. The molecule has 0 saturated heterocycles. The fourth-order valence-electron chi connectivity index (χ4n) is 1.56. The van der Waals surface area contributed by atoms with Gasteiger partial charge in [0, 0.05) is 22.7 Å². The van der Waals surface area contributed by atoms with Gasteiger partial charge in [0.2, 0.25) is 0 Å². The summed E-state index contributed by atoms with van der Waals surface area (Å²) in [6.45, 7) is 2.11. The van der Waals surface area contributed by atoms with Crippen molar-refractivity contribution in [3.63, 3.8) is 0 Å². The molecule has 0 saturated carbocycles. The zero-order valence-corrected chi connectivity index (χ0v) is 12.1. The highest BCUT2D eigenvalue weighted by Gasteiger charge is 2.10. The summed E-state index contributed by atoms with van der Waals surface area (Å²) in [6.07, 6.45) is 1.90. The van der Waals surface area contributed by atoms with Gasteiger partial charge in [0.15, 0.2) is 0 Å². The van der Waals surface area contributed by atoms with Crippen LogP contribution in [-0.4, -0.2) is 19.1 Å². The second-order valence-corrected chi connectivity index (χ2v) is 5.40. The summed E-state index contributed by atoms with van der Waals surface area (Å²) in [5.41, 5.74) is 1.01. The highest BCUT2D eigenvalue weighted by molar-refractivity contribution is 7.15. The van der Waals surface area contributed by atoms with E-state index < -0.39 is 0 Å². The lowest BCUT2D eigenvalue weighted by molar-refractivity contribution is 0.415. The second kappa shape index (κ2) is 5.69. The predicted molar refractivity (Wildman–Crippen MR) is 76.6 cm³/mol.